The van der Waals surface area contributed by atoms with Gasteiger partial charge in [0.2, 0.25) is 0 Å². The van der Waals surface area contributed by atoms with Gasteiger partial charge in [-0.25, -0.2) is 0 Å². The lowest BCUT2D eigenvalue weighted by Gasteiger charge is -1.77. The van der Waals surface area contributed by atoms with Crippen molar-refractivity contribution in [2.45, 2.75) is 13.3 Å². The molecule has 0 unspecified atom stereocenters. The van der Waals surface area contributed by atoms with E-state index in [0.717, 1.165) is 13.0 Å². The molecule has 0 amide bonds. The Labute approximate surface area is 39.1 Å². The second-order valence-electron chi connectivity index (χ2n) is 1.09. The van der Waals surface area contributed by atoms with Crippen LogP contribution >= 0.6 is 0 Å². The van der Waals surface area contributed by atoms with Crippen LogP contribution in [0.5, 0.6) is 0 Å². The summed E-state index contributed by atoms with van der Waals surface area (Å²) in [5.41, 5.74) is 0. The van der Waals surface area contributed by atoms with Crippen LogP contribution in [0.2, 0.25) is 0 Å². The van der Waals surface area contributed by atoms with Crippen molar-refractivity contribution in [3.63, 3.8) is 0 Å². The molecular weight excluding hydrogens is 74.1 g/mol. The smallest absolute Gasteiger partial charge is 0.0382 e. The minimum absolute atomic E-state index is 0.920. The molecule has 0 aromatic carbocycles. The molecule has 6 heavy (non-hydrogen) atoms. The van der Waals surface area contributed by atoms with Crippen LogP contribution in [0.15, 0.2) is 4.99 Å². The van der Waals surface area contributed by atoms with Gasteiger partial charge in [0.15, 0.2) is 0 Å². The molecule has 1 nitrogen and oxygen atoms in total. The highest BCUT2D eigenvalue weighted by molar-refractivity contribution is 5.61. The maximum Gasteiger partial charge on any atom is 0.0382 e. The molecule has 1 heteroatoms. The average Bonchev–Trinajstić information content (AvgIpc) is 1.61. The fourth-order valence-corrected chi connectivity index (χ4v) is 0.220. The van der Waals surface area contributed by atoms with Crippen LogP contribution in [-0.2, 0) is 0 Å². The van der Waals surface area contributed by atoms with E-state index in [4.69, 9.17) is 0 Å². The Bertz CT molecular complexity index is 39.2. The van der Waals surface area contributed by atoms with Crippen LogP contribution in [0.3, 0.4) is 0 Å². The Morgan fingerprint density at radius 2 is 2.50 bits per heavy atom. The van der Waals surface area contributed by atoms with Crippen molar-refractivity contribution in [2.75, 3.05) is 6.54 Å². The highest BCUT2D eigenvalue weighted by atomic mass is 14.7. The number of aliphatic imine (C=N–C) groups is 1. The summed E-state index contributed by atoms with van der Waals surface area (Å²) in [6, 6.07) is 0. The van der Waals surface area contributed by atoms with Gasteiger partial charge < -0.3 is 0 Å². The van der Waals surface area contributed by atoms with E-state index >= 15 is 0 Å². The summed E-state index contributed by atoms with van der Waals surface area (Å²) >= 11 is 0. The topological polar surface area (TPSA) is 12.4 Å². The molecule has 0 aliphatic carbocycles. The lowest BCUT2D eigenvalue weighted by atomic mass is 10.5. The Kier molecular flexibility index (Phi) is 4.41. The third-order valence-corrected chi connectivity index (χ3v) is 0.482. The van der Waals surface area contributed by atoms with Gasteiger partial charge in [0.05, 0.1) is 0 Å². The van der Waals surface area contributed by atoms with Crippen molar-refractivity contribution >= 4 is 6.21 Å². The fraction of sp³-hybridized carbons (Fsp3) is 0.600. The minimum atomic E-state index is 0.920. The van der Waals surface area contributed by atoms with Crippen LogP contribution in [0.1, 0.15) is 13.3 Å². The van der Waals surface area contributed by atoms with Gasteiger partial charge >= 0.3 is 0 Å². The summed E-state index contributed by atoms with van der Waals surface area (Å²) in [4.78, 5) is 3.85. The quantitative estimate of drug-likeness (QED) is 0.447. The standard InChI is InChI=1S/C5H10N/c1-3-5-6-4-2/h4H,2-3,5H2,1H3. The first-order valence-corrected chi connectivity index (χ1v) is 2.19. The van der Waals surface area contributed by atoms with Crippen molar-refractivity contribution in [1.29, 1.82) is 0 Å². The molecule has 0 saturated heterocycles. The summed E-state index contributed by atoms with van der Waals surface area (Å²) in [6.07, 6.45) is 2.70. The second kappa shape index (κ2) is 4.67. The molecule has 0 atom stereocenters. The summed E-state index contributed by atoms with van der Waals surface area (Å²) in [7, 11) is 0. The molecule has 0 aromatic rings. The largest absolute Gasteiger partial charge is 0.298 e. The average molecular weight is 84.1 g/mol. The van der Waals surface area contributed by atoms with Crippen LogP contribution in [-0.4, -0.2) is 12.8 Å². The normalized spacial score (nSPS) is 10.3. The summed E-state index contributed by atoms with van der Waals surface area (Å²) in [5.74, 6) is 0. The van der Waals surface area contributed by atoms with Crippen molar-refractivity contribution in [2.24, 2.45) is 4.99 Å². The molecule has 0 N–H and O–H groups in total. The van der Waals surface area contributed by atoms with E-state index in [9.17, 15) is 0 Å². The van der Waals surface area contributed by atoms with Gasteiger partial charge in [-0.3, -0.25) is 4.99 Å². The molecular formula is C5H10N. The molecule has 35 valence electrons. The summed E-state index contributed by atoms with van der Waals surface area (Å²) in [6.45, 7) is 6.44. The van der Waals surface area contributed by atoms with E-state index in [0.29, 0.717) is 0 Å². The van der Waals surface area contributed by atoms with E-state index in [1.165, 1.54) is 0 Å². The SMILES string of the molecule is [CH2]C=NCCC. The third-order valence-electron chi connectivity index (χ3n) is 0.482. The van der Waals surface area contributed by atoms with E-state index in [1.54, 1.807) is 6.21 Å². The van der Waals surface area contributed by atoms with E-state index < -0.39 is 0 Å². The highest BCUT2D eigenvalue weighted by Crippen LogP contribution is 1.72. The minimum Gasteiger partial charge on any atom is -0.298 e. The third kappa shape index (κ3) is 3.67. The first-order chi connectivity index (χ1) is 2.91. The number of nitrogens with zero attached hydrogens (tertiary/aromatic N) is 1. The molecule has 0 aromatic heterocycles. The molecule has 0 spiro atoms. The van der Waals surface area contributed by atoms with E-state index in [1.807, 2.05) is 0 Å². The number of hydrogen-bond donors (Lipinski definition) is 0. The maximum absolute atomic E-state index is 3.85. The highest BCUT2D eigenvalue weighted by Gasteiger charge is 1.64. The maximum atomic E-state index is 3.85. The molecule has 0 heterocycles. The lowest BCUT2D eigenvalue weighted by Crippen LogP contribution is -1.71. The van der Waals surface area contributed by atoms with E-state index in [2.05, 4.69) is 18.8 Å². The Balaban J connectivity index is 2.66. The number of rotatable bonds is 2. The Morgan fingerprint density at radius 1 is 1.83 bits per heavy atom. The molecule has 0 saturated carbocycles. The molecule has 0 aliphatic rings. The van der Waals surface area contributed by atoms with Crippen molar-refractivity contribution in [3.05, 3.63) is 6.92 Å². The van der Waals surface area contributed by atoms with Crippen LogP contribution in [0.25, 0.3) is 0 Å². The Hall–Kier alpha value is -0.330. The van der Waals surface area contributed by atoms with Crippen molar-refractivity contribution in [3.8, 4) is 0 Å². The predicted octanol–water partition coefficient (Wildman–Crippen LogP) is 1.30. The van der Waals surface area contributed by atoms with Gasteiger partial charge in [0.25, 0.3) is 0 Å². The van der Waals surface area contributed by atoms with Gasteiger partial charge in [-0.05, 0) is 19.6 Å². The zero-order chi connectivity index (χ0) is 4.83. The summed E-state index contributed by atoms with van der Waals surface area (Å²) < 4.78 is 0. The van der Waals surface area contributed by atoms with Gasteiger partial charge in [-0.1, -0.05) is 6.92 Å². The number of hydrogen-bond acceptors (Lipinski definition) is 1. The molecule has 0 rings (SSSR count). The van der Waals surface area contributed by atoms with Gasteiger partial charge in [0.1, 0.15) is 0 Å². The monoisotopic (exact) mass is 84.1 g/mol. The van der Waals surface area contributed by atoms with Gasteiger partial charge in [-0.15, -0.1) is 0 Å². The van der Waals surface area contributed by atoms with E-state index in [-0.39, 0.29) is 0 Å². The second-order valence-corrected chi connectivity index (χ2v) is 1.09. The molecule has 0 bridgehead atoms. The van der Waals surface area contributed by atoms with Crippen LogP contribution < -0.4 is 0 Å². The zero-order valence-electron chi connectivity index (χ0n) is 4.15. The summed E-state index contributed by atoms with van der Waals surface area (Å²) in [5, 5.41) is 0. The van der Waals surface area contributed by atoms with Crippen molar-refractivity contribution < 1.29 is 0 Å². The van der Waals surface area contributed by atoms with Crippen LogP contribution in [0, 0.1) is 6.92 Å². The van der Waals surface area contributed by atoms with Crippen LogP contribution in [0.4, 0.5) is 0 Å². The molecule has 0 aliphatic heterocycles. The van der Waals surface area contributed by atoms with Gasteiger partial charge in [-0.2, -0.15) is 0 Å². The first-order valence-electron chi connectivity index (χ1n) is 2.19. The first kappa shape index (κ1) is 5.67. The van der Waals surface area contributed by atoms with Gasteiger partial charge in [0, 0.05) is 6.54 Å². The fourth-order valence-electron chi connectivity index (χ4n) is 0.220. The van der Waals surface area contributed by atoms with Crippen molar-refractivity contribution in [1.82, 2.24) is 0 Å². The Morgan fingerprint density at radius 3 is 2.67 bits per heavy atom. The molecule has 1 radical (unpaired) electrons. The predicted molar refractivity (Wildman–Crippen MR) is 29.0 cm³/mol. The lowest BCUT2D eigenvalue weighted by molar-refractivity contribution is 0.937. The zero-order valence-corrected chi connectivity index (χ0v) is 4.15. The molecule has 0 fully saturated rings.